The normalized spacial score (nSPS) is 43.0. The number of hydrogen-bond donors (Lipinski definition) is 1. The highest BCUT2D eigenvalue weighted by atomic mass is 16.5. The third-order valence-corrected chi connectivity index (χ3v) is 5.10. The van der Waals surface area contributed by atoms with E-state index < -0.39 is 0 Å². The monoisotopic (exact) mass is 254 g/mol. The van der Waals surface area contributed by atoms with Crippen molar-refractivity contribution in [1.82, 2.24) is 4.90 Å². The molecule has 0 radical (unpaired) electrons. The second-order valence-electron chi connectivity index (χ2n) is 6.42. The molecular formula is C15H30N2O. The molecule has 18 heavy (non-hydrogen) atoms. The van der Waals surface area contributed by atoms with Crippen molar-refractivity contribution in [3.63, 3.8) is 0 Å². The zero-order chi connectivity index (χ0) is 13.2. The summed E-state index contributed by atoms with van der Waals surface area (Å²) in [4.78, 5) is 2.72. The molecule has 3 heteroatoms. The van der Waals surface area contributed by atoms with E-state index in [4.69, 9.17) is 10.5 Å². The van der Waals surface area contributed by atoms with Crippen molar-refractivity contribution in [1.29, 1.82) is 0 Å². The molecule has 2 fully saturated rings. The summed E-state index contributed by atoms with van der Waals surface area (Å²) in [7, 11) is 0. The molecule has 0 amide bonds. The topological polar surface area (TPSA) is 38.5 Å². The van der Waals surface area contributed by atoms with Gasteiger partial charge >= 0.3 is 0 Å². The Hall–Kier alpha value is -0.120. The Morgan fingerprint density at radius 1 is 1.33 bits per heavy atom. The molecule has 0 aromatic carbocycles. The first kappa shape index (κ1) is 14.3. The lowest BCUT2D eigenvalue weighted by atomic mass is 9.85. The van der Waals surface area contributed by atoms with Gasteiger partial charge in [0.2, 0.25) is 0 Å². The summed E-state index contributed by atoms with van der Waals surface area (Å²) in [5.74, 6) is 0. The minimum absolute atomic E-state index is 0.0826. The Morgan fingerprint density at radius 2 is 2.11 bits per heavy atom. The molecule has 0 bridgehead atoms. The maximum absolute atomic E-state index is 5.99. The summed E-state index contributed by atoms with van der Waals surface area (Å²) in [5, 5.41) is 0. The lowest BCUT2D eigenvalue weighted by Crippen LogP contribution is -2.57. The molecule has 2 aliphatic rings. The van der Waals surface area contributed by atoms with Gasteiger partial charge in [0.05, 0.1) is 5.60 Å². The zero-order valence-corrected chi connectivity index (χ0v) is 12.3. The Balaban J connectivity index is 2.07. The number of ether oxygens (including phenoxy) is 1. The smallest absolute Gasteiger partial charge is 0.0666 e. The van der Waals surface area contributed by atoms with E-state index in [1.807, 2.05) is 0 Å². The lowest BCUT2D eigenvalue weighted by molar-refractivity contribution is -0.112. The summed E-state index contributed by atoms with van der Waals surface area (Å²) < 4.78 is 5.98. The number of nitrogens with zero attached hydrogens (tertiary/aromatic N) is 1. The molecule has 4 unspecified atom stereocenters. The van der Waals surface area contributed by atoms with Crippen LogP contribution < -0.4 is 5.73 Å². The Labute approximate surface area is 112 Å². The van der Waals surface area contributed by atoms with Crippen LogP contribution in [0, 0.1) is 0 Å². The van der Waals surface area contributed by atoms with Gasteiger partial charge in [0.1, 0.15) is 0 Å². The van der Waals surface area contributed by atoms with E-state index in [0.29, 0.717) is 18.1 Å². The number of nitrogens with two attached hydrogens (primary N) is 1. The predicted molar refractivity (Wildman–Crippen MR) is 75.7 cm³/mol. The molecule has 2 aliphatic heterocycles. The Morgan fingerprint density at radius 3 is 2.78 bits per heavy atom. The zero-order valence-electron chi connectivity index (χ0n) is 12.3. The van der Waals surface area contributed by atoms with Crippen molar-refractivity contribution in [3.05, 3.63) is 0 Å². The van der Waals surface area contributed by atoms with E-state index in [9.17, 15) is 0 Å². The van der Waals surface area contributed by atoms with E-state index in [1.54, 1.807) is 0 Å². The highest BCUT2D eigenvalue weighted by Crippen LogP contribution is 2.35. The van der Waals surface area contributed by atoms with E-state index in [1.165, 1.54) is 32.1 Å². The van der Waals surface area contributed by atoms with E-state index in [0.717, 1.165) is 19.6 Å². The highest BCUT2D eigenvalue weighted by Gasteiger charge is 2.39. The minimum Gasteiger partial charge on any atom is -0.375 e. The van der Waals surface area contributed by atoms with Gasteiger partial charge in [0.25, 0.3) is 0 Å². The molecule has 0 aromatic heterocycles. The van der Waals surface area contributed by atoms with Gasteiger partial charge in [0, 0.05) is 31.3 Å². The Bertz CT molecular complexity index is 271. The molecule has 2 saturated heterocycles. The molecule has 2 N–H and O–H groups in total. The van der Waals surface area contributed by atoms with Crippen LogP contribution >= 0.6 is 0 Å². The Kier molecular flexibility index (Phi) is 4.68. The number of piperidine rings is 1. The van der Waals surface area contributed by atoms with Crippen molar-refractivity contribution < 1.29 is 4.74 Å². The van der Waals surface area contributed by atoms with Gasteiger partial charge in [-0.05, 0) is 46.0 Å². The standard InChI is InChI=1S/C15H30N2O/c1-4-15(3)10-13(8-9-18-15)17-12(2)6-5-7-14(17)11-16/h12-14H,4-11,16H2,1-3H3. The van der Waals surface area contributed by atoms with Crippen LogP contribution in [0.25, 0.3) is 0 Å². The molecule has 3 nitrogen and oxygen atoms in total. The maximum atomic E-state index is 5.99. The first-order chi connectivity index (χ1) is 8.59. The van der Waals surface area contributed by atoms with Gasteiger partial charge in [0.15, 0.2) is 0 Å². The van der Waals surface area contributed by atoms with Gasteiger partial charge in [-0.15, -0.1) is 0 Å². The van der Waals surface area contributed by atoms with Crippen molar-refractivity contribution in [2.75, 3.05) is 13.2 Å². The molecular weight excluding hydrogens is 224 g/mol. The van der Waals surface area contributed by atoms with Crippen molar-refractivity contribution in [2.24, 2.45) is 5.73 Å². The van der Waals surface area contributed by atoms with Crippen LogP contribution in [0.1, 0.15) is 59.3 Å². The predicted octanol–water partition coefficient (Wildman–Crippen LogP) is 2.54. The first-order valence-corrected chi connectivity index (χ1v) is 7.71. The van der Waals surface area contributed by atoms with Crippen LogP contribution in [0.2, 0.25) is 0 Å². The van der Waals surface area contributed by atoms with Crippen molar-refractivity contribution >= 4 is 0 Å². The molecule has 0 spiro atoms. The second-order valence-corrected chi connectivity index (χ2v) is 6.42. The summed E-state index contributed by atoms with van der Waals surface area (Å²) in [6.07, 6.45) is 7.41. The molecule has 0 aliphatic carbocycles. The largest absolute Gasteiger partial charge is 0.375 e. The summed E-state index contributed by atoms with van der Waals surface area (Å²) in [6, 6.07) is 1.96. The van der Waals surface area contributed by atoms with Crippen LogP contribution in [0.15, 0.2) is 0 Å². The first-order valence-electron chi connectivity index (χ1n) is 7.71. The van der Waals surface area contributed by atoms with E-state index in [2.05, 4.69) is 25.7 Å². The third kappa shape index (κ3) is 2.89. The van der Waals surface area contributed by atoms with Gasteiger partial charge in [-0.1, -0.05) is 13.3 Å². The summed E-state index contributed by atoms with van der Waals surface area (Å²) in [6.45, 7) is 8.61. The molecule has 0 aromatic rings. The molecule has 106 valence electrons. The van der Waals surface area contributed by atoms with Gasteiger partial charge < -0.3 is 10.5 Å². The molecule has 4 atom stereocenters. The lowest BCUT2D eigenvalue weighted by Gasteiger charge is -2.49. The number of likely N-dealkylation sites (tertiary alicyclic amines) is 1. The van der Waals surface area contributed by atoms with Crippen LogP contribution in [0.3, 0.4) is 0 Å². The van der Waals surface area contributed by atoms with E-state index >= 15 is 0 Å². The fraction of sp³-hybridized carbons (Fsp3) is 1.00. The SMILES string of the molecule is CCC1(C)CC(N2C(C)CCCC2CN)CCO1. The highest BCUT2D eigenvalue weighted by molar-refractivity contribution is 4.93. The van der Waals surface area contributed by atoms with Gasteiger partial charge in [-0.2, -0.15) is 0 Å². The van der Waals surface area contributed by atoms with Crippen LogP contribution in [0.5, 0.6) is 0 Å². The fourth-order valence-electron chi connectivity index (χ4n) is 3.81. The van der Waals surface area contributed by atoms with Crippen LogP contribution in [-0.4, -0.2) is 41.8 Å². The van der Waals surface area contributed by atoms with Gasteiger partial charge in [-0.25, -0.2) is 0 Å². The molecule has 0 saturated carbocycles. The molecule has 2 heterocycles. The van der Waals surface area contributed by atoms with E-state index in [-0.39, 0.29) is 5.60 Å². The summed E-state index contributed by atoms with van der Waals surface area (Å²) >= 11 is 0. The van der Waals surface area contributed by atoms with Crippen molar-refractivity contribution in [2.45, 2.75) is 83.0 Å². The average molecular weight is 254 g/mol. The summed E-state index contributed by atoms with van der Waals surface area (Å²) in [5.41, 5.74) is 6.07. The third-order valence-electron chi connectivity index (χ3n) is 5.10. The van der Waals surface area contributed by atoms with Crippen LogP contribution in [-0.2, 0) is 4.74 Å². The minimum atomic E-state index is 0.0826. The average Bonchev–Trinajstić information content (AvgIpc) is 2.38. The second kappa shape index (κ2) is 5.89. The quantitative estimate of drug-likeness (QED) is 0.841. The van der Waals surface area contributed by atoms with Gasteiger partial charge in [-0.3, -0.25) is 4.90 Å². The fourth-order valence-corrected chi connectivity index (χ4v) is 3.81. The number of rotatable bonds is 3. The maximum Gasteiger partial charge on any atom is 0.0666 e. The van der Waals surface area contributed by atoms with Crippen LogP contribution in [0.4, 0.5) is 0 Å². The number of hydrogen-bond acceptors (Lipinski definition) is 3. The molecule has 2 rings (SSSR count). The van der Waals surface area contributed by atoms with Crippen molar-refractivity contribution in [3.8, 4) is 0 Å².